The van der Waals surface area contributed by atoms with Crippen LogP contribution in [0.25, 0.3) is 11.0 Å². The number of imidazole rings is 1. The summed E-state index contributed by atoms with van der Waals surface area (Å²) in [6.45, 7) is 7.12. The number of amides is 1. The highest BCUT2D eigenvalue weighted by Gasteiger charge is 2.28. The lowest BCUT2D eigenvalue weighted by molar-refractivity contribution is -0.120. The van der Waals surface area contributed by atoms with E-state index in [2.05, 4.69) is 24.1 Å². The van der Waals surface area contributed by atoms with E-state index >= 15 is 0 Å². The van der Waals surface area contributed by atoms with Crippen LogP contribution in [0.2, 0.25) is 0 Å². The average Bonchev–Trinajstić information content (AvgIpc) is 2.99. The van der Waals surface area contributed by atoms with Crippen molar-refractivity contribution >= 4 is 38.7 Å². The molecule has 1 heterocycles. The van der Waals surface area contributed by atoms with Gasteiger partial charge in [-0.05, 0) is 43.4 Å². The molecular formula is C19H28N4O3S2. The molecule has 1 aliphatic carbocycles. The Hall–Kier alpha value is -1.58. The summed E-state index contributed by atoms with van der Waals surface area (Å²) in [6, 6.07) is 4.91. The van der Waals surface area contributed by atoms with Crippen LogP contribution in [0, 0.1) is 11.8 Å². The zero-order valence-electron chi connectivity index (χ0n) is 16.5. The molecule has 2 aromatic rings. The first-order valence-electron chi connectivity index (χ1n) is 9.66. The van der Waals surface area contributed by atoms with Crippen LogP contribution < -0.4 is 10.5 Å². The third-order valence-corrected chi connectivity index (χ3v) is 7.60. The molecule has 1 aromatic heterocycles. The zero-order valence-corrected chi connectivity index (χ0v) is 18.1. The summed E-state index contributed by atoms with van der Waals surface area (Å²) in [5.74, 6) is 1.41. The van der Waals surface area contributed by atoms with Crippen LogP contribution in [0.3, 0.4) is 0 Å². The predicted molar refractivity (Wildman–Crippen MR) is 112 cm³/mol. The third kappa shape index (κ3) is 4.52. The summed E-state index contributed by atoms with van der Waals surface area (Å²) in [5.41, 5.74) is 1.39. The number of hydrogen-bond donors (Lipinski definition) is 2. The molecule has 0 radical (unpaired) electrons. The molecule has 0 aliphatic heterocycles. The van der Waals surface area contributed by atoms with E-state index in [1.54, 1.807) is 6.07 Å². The monoisotopic (exact) mass is 424 g/mol. The van der Waals surface area contributed by atoms with Crippen molar-refractivity contribution in [1.82, 2.24) is 14.9 Å². The topological polar surface area (TPSA) is 107 Å². The molecule has 154 valence electrons. The standard InChI is InChI=1S/C19H28N4O3S2/c1-4-23-17-9-8-14(28(20,25)26)10-16(17)22-19(23)27-11-18(24)21-15-7-5-6-12(2)13(15)3/h8-10,12-13,15H,4-7,11H2,1-3H3,(H,21,24)(H2,20,25,26)/t12-,13+,15+/m1/s1. The molecule has 0 spiro atoms. The molecular weight excluding hydrogens is 396 g/mol. The van der Waals surface area contributed by atoms with Gasteiger partial charge < -0.3 is 9.88 Å². The van der Waals surface area contributed by atoms with Crippen molar-refractivity contribution in [2.75, 3.05) is 5.75 Å². The Morgan fingerprint density at radius 3 is 2.79 bits per heavy atom. The molecule has 1 aromatic carbocycles. The average molecular weight is 425 g/mol. The van der Waals surface area contributed by atoms with Gasteiger partial charge in [-0.1, -0.05) is 38.5 Å². The minimum absolute atomic E-state index is 0.0101. The number of nitrogens with two attached hydrogens (primary N) is 1. The maximum atomic E-state index is 12.5. The van der Waals surface area contributed by atoms with Crippen molar-refractivity contribution in [3.8, 4) is 0 Å². The van der Waals surface area contributed by atoms with Gasteiger partial charge >= 0.3 is 0 Å². The number of aromatic nitrogens is 2. The van der Waals surface area contributed by atoms with Gasteiger partial charge in [0.2, 0.25) is 15.9 Å². The lowest BCUT2D eigenvalue weighted by Crippen LogP contribution is -2.44. The molecule has 0 unspecified atom stereocenters. The molecule has 3 rings (SSSR count). The number of nitrogens with one attached hydrogen (secondary N) is 1. The number of primary sulfonamides is 1. The molecule has 1 aliphatic rings. The van der Waals surface area contributed by atoms with E-state index in [1.165, 1.54) is 30.3 Å². The second kappa shape index (κ2) is 8.42. The van der Waals surface area contributed by atoms with E-state index in [0.717, 1.165) is 18.4 Å². The SMILES string of the molecule is CCn1c(SCC(=O)N[C@H]2CCC[C@@H](C)[C@@H]2C)nc2cc(S(N)(=O)=O)ccc21. The van der Waals surface area contributed by atoms with E-state index in [1.807, 2.05) is 11.5 Å². The van der Waals surface area contributed by atoms with Gasteiger partial charge in [0.1, 0.15) is 0 Å². The number of fused-ring (bicyclic) bond motifs is 1. The van der Waals surface area contributed by atoms with E-state index in [-0.39, 0.29) is 22.6 Å². The van der Waals surface area contributed by atoms with E-state index in [0.29, 0.717) is 29.1 Å². The fourth-order valence-electron chi connectivity index (χ4n) is 3.84. The summed E-state index contributed by atoms with van der Waals surface area (Å²) in [4.78, 5) is 17.0. The highest BCUT2D eigenvalue weighted by atomic mass is 32.2. The van der Waals surface area contributed by atoms with Crippen LogP contribution in [0.4, 0.5) is 0 Å². The molecule has 3 atom stereocenters. The molecule has 9 heteroatoms. The van der Waals surface area contributed by atoms with Crippen LogP contribution in [-0.4, -0.2) is 35.7 Å². The summed E-state index contributed by atoms with van der Waals surface area (Å²) >= 11 is 1.37. The minimum atomic E-state index is -3.78. The number of carbonyl (C=O) groups is 1. The van der Waals surface area contributed by atoms with Gasteiger partial charge in [0.25, 0.3) is 0 Å². The molecule has 1 amide bonds. The number of nitrogens with zero attached hydrogens (tertiary/aromatic N) is 2. The van der Waals surface area contributed by atoms with Crippen LogP contribution >= 0.6 is 11.8 Å². The van der Waals surface area contributed by atoms with Gasteiger partial charge in [-0.3, -0.25) is 4.79 Å². The fraction of sp³-hybridized carbons (Fsp3) is 0.579. The Bertz CT molecular complexity index is 971. The Morgan fingerprint density at radius 2 is 2.11 bits per heavy atom. The lowest BCUT2D eigenvalue weighted by Gasteiger charge is -2.34. The van der Waals surface area contributed by atoms with Crippen molar-refractivity contribution in [3.63, 3.8) is 0 Å². The first kappa shape index (κ1) is 21.1. The summed E-state index contributed by atoms with van der Waals surface area (Å²) in [5, 5.41) is 9.09. The Labute approximate surface area is 170 Å². The molecule has 1 saturated carbocycles. The van der Waals surface area contributed by atoms with Crippen LogP contribution in [0.5, 0.6) is 0 Å². The van der Waals surface area contributed by atoms with Gasteiger partial charge in [0, 0.05) is 12.6 Å². The highest BCUT2D eigenvalue weighted by molar-refractivity contribution is 7.99. The second-order valence-electron chi connectivity index (χ2n) is 7.56. The normalized spacial score (nSPS) is 23.1. The predicted octanol–water partition coefficient (Wildman–Crippen LogP) is 2.74. The van der Waals surface area contributed by atoms with Crippen LogP contribution in [-0.2, 0) is 21.4 Å². The quantitative estimate of drug-likeness (QED) is 0.694. The molecule has 1 fully saturated rings. The van der Waals surface area contributed by atoms with Gasteiger partial charge in [-0.25, -0.2) is 18.5 Å². The smallest absolute Gasteiger partial charge is 0.238 e. The number of rotatable bonds is 6. The van der Waals surface area contributed by atoms with E-state index in [9.17, 15) is 13.2 Å². The molecule has 28 heavy (non-hydrogen) atoms. The molecule has 0 saturated heterocycles. The summed E-state index contributed by atoms with van der Waals surface area (Å²) < 4.78 is 25.1. The molecule has 0 bridgehead atoms. The van der Waals surface area contributed by atoms with Crippen molar-refractivity contribution in [1.29, 1.82) is 0 Å². The number of aryl methyl sites for hydroxylation is 1. The number of carbonyl (C=O) groups excluding carboxylic acids is 1. The van der Waals surface area contributed by atoms with Gasteiger partial charge in [0.15, 0.2) is 5.16 Å². The zero-order chi connectivity index (χ0) is 20.5. The Kier molecular flexibility index (Phi) is 6.36. The summed E-state index contributed by atoms with van der Waals surface area (Å²) in [7, 11) is -3.78. The second-order valence-corrected chi connectivity index (χ2v) is 10.1. The third-order valence-electron chi connectivity index (χ3n) is 5.72. The first-order valence-corrected chi connectivity index (χ1v) is 12.2. The van der Waals surface area contributed by atoms with Crippen molar-refractivity contribution in [2.24, 2.45) is 17.0 Å². The Balaban J connectivity index is 1.72. The number of thioether (sulfide) groups is 1. The van der Waals surface area contributed by atoms with Crippen LogP contribution in [0.1, 0.15) is 40.0 Å². The van der Waals surface area contributed by atoms with E-state index < -0.39 is 10.0 Å². The maximum Gasteiger partial charge on any atom is 0.238 e. The van der Waals surface area contributed by atoms with Crippen molar-refractivity contribution < 1.29 is 13.2 Å². The molecule has 7 nitrogen and oxygen atoms in total. The first-order chi connectivity index (χ1) is 13.2. The van der Waals surface area contributed by atoms with Crippen molar-refractivity contribution in [2.45, 2.75) is 62.7 Å². The van der Waals surface area contributed by atoms with Gasteiger partial charge in [-0.15, -0.1) is 0 Å². The number of sulfonamides is 1. The van der Waals surface area contributed by atoms with Crippen molar-refractivity contribution in [3.05, 3.63) is 18.2 Å². The number of hydrogen-bond acceptors (Lipinski definition) is 5. The molecule has 3 N–H and O–H groups in total. The largest absolute Gasteiger partial charge is 0.352 e. The van der Waals surface area contributed by atoms with Gasteiger partial charge in [0.05, 0.1) is 21.7 Å². The fourth-order valence-corrected chi connectivity index (χ4v) is 5.27. The maximum absolute atomic E-state index is 12.5. The Morgan fingerprint density at radius 1 is 1.36 bits per heavy atom. The van der Waals surface area contributed by atoms with Crippen LogP contribution in [0.15, 0.2) is 28.3 Å². The lowest BCUT2D eigenvalue weighted by atomic mass is 9.78. The number of benzene rings is 1. The van der Waals surface area contributed by atoms with Gasteiger partial charge in [-0.2, -0.15) is 0 Å². The summed E-state index contributed by atoms with van der Waals surface area (Å²) in [6.07, 6.45) is 3.41. The van der Waals surface area contributed by atoms with E-state index in [4.69, 9.17) is 5.14 Å². The minimum Gasteiger partial charge on any atom is -0.352 e. The highest BCUT2D eigenvalue weighted by Crippen LogP contribution is 2.30.